The maximum Gasteiger partial charge on any atom is 0.317 e. The number of hydrogen-bond donors (Lipinski definition) is 2. The number of fused-ring (bicyclic) bond motifs is 1. The SMILES string of the molecule is CC1(O)CCC(NC(=O)N2CC(Oc3cccc4scnc34)C2)CC1. The summed E-state index contributed by atoms with van der Waals surface area (Å²) < 4.78 is 7.12. The van der Waals surface area contributed by atoms with Crippen LogP contribution in [0.25, 0.3) is 10.2 Å². The summed E-state index contributed by atoms with van der Waals surface area (Å²) in [4.78, 5) is 18.4. The Bertz CT molecular complexity index is 760. The number of rotatable bonds is 3. The van der Waals surface area contributed by atoms with Gasteiger partial charge in [0, 0.05) is 6.04 Å². The predicted molar refractivity (Wildman–Crippen MR) is 97.0 cm³/mol. The second kappa shape index (κ2) is 6.46. The van der Waals surface area contributed by atoms with Crippen LogP contribution in [0.4, 0.5) is 4.79 Å². The number of thiazole rings is 1. The fraction of sp³-hybridized carbons (Fsp3) is 0.556. The van der Waals surface area contributed by atoms with Crippen molar-refractivity contribution in [2.75, 3.05) is 13.1 Å². The summed E-state index contributed by atoms with van der Waals surface area (Å²) in [5.41, 5.74) is 2.14. The van der Waals surface area contributed by atoms with Gasteiger partial charge in [0.05, 0.1) is 28.9 Å². The first-order valence-electron chi connectivity index (χ1n) is 8.77. The number of para-hydroxylation sites is 1. The Hall–Kier alpha value is -1.86. The van der Waals surface area contributed by atoms with Crippen molar-refractivity contribution in [3.05, 3.63) is 23.7 Å². The van der Waals surface area contributed by atoms with Gasteiger partial charge in [-0.1, -0.05) is 6.07 Å². The van der Waals surface area contributed by atoms with Gasteiger partial charge in [0.15, 0.2) is 0 Å². The summed E-state index contributed by atoms with van der Waals surface area (Å²) in [5, 5.41) is 13.1. The number of nitrogens with zero attached hydrogens (tertiary/aromatic N) is 2. The topological polar surface area (TPSA) is 74.7 Å². The first-order valence-corrected chi connectivity index (χ1v) is 9.65. The van der Waals surface area contributed by atoms with Crippen molar-refractivity contribution in [1.29, 1.82) is 0 Å². The number of aliphatic hydroxyl groups is 1. The van der Waals surface area contributed by atoms with Gasteiger partial charge in [0.25, 0.3) is 0 Å². The van der Waals surface area contributed by atoms with Crippen molar-refractivity contribution >= 4 is 27.6 Å². The molecule has 2 N–H and O–H groups in total. The third-order valence-electron chi connectivity index (χ3n) is 5.14. The summed E-state index contributed by atoms with van der Waals surface area (Å²) in [5.74, 6) is 0.790. The fourth-order valence-electron chi connectivity index (χ4n) is 3.46. The molecule has 134 valence electrons. The number of urea groups is 1. The number of benzene rings is 1. The summed E-state index contributed by atoms with van der Waals surface area (Å²) in [7, 11) is 0. The predicted octanol–water partition coefficient (Wildman–Crippen LogP) is 2.76. The van der Waals surface area contributed by atoms with Crippen LogP contribution >= 0.6 is 11.3 Å². The van der Waals surface area contributed by atoms with E-state index in [0.717, 1.165) is 41.6 Å². The van der Waals surface area contributed by atoms with Crippen LogP contribution in [-0.2, 0) is 0 Å². The van der Waals surface area contributed by atoms with Crippen molar-refractivity contribution in [3.8, 4) is 5.75 Å². The number of likely N-dealkylation sites (tertiary alicyclic amines) is 1. The molecule has 25 heavy (non-hydrogen) atoms. The van der Waals surface area contributed by atoms with Crippen LogP contribution in [0, 0.1) is 0 Å². The van der Waals surface area contributed by atoms with E-state index in [0.29, 0.717) is 13.1 Å². The molecule has 2 heterocycles. The van der Waals surface area contributed by atoms with Crippen molar-refractivity contribution in [2.45, 2.75) is 50.4 Å². The second-order valence-corrected chi connectivity index (χ2v) is 8.21. The Morgan fingerprint density at radius 2 is 2.16 bits per heavy atom. The molecule has 4 rings (SSSR count). The molecule has 1 saturated carbocycles. The van der Waals surface area contributed by atoms with Crippen LogP contribution < -0.4 is 10.1 Å². The van der Waals surface area contributed by atoms with Crippen molar-refractivity contribution in [3.63, 3.8) is 0 Å². The molecule has 6 nitrogen and oxygen atoms in total. The van der Waals surface area contributed by atoms with Gasteiger partial charge in [-0.25, -0.2) is 9.78 Å². The Kier molecular flexibility index (Phi) is 4.29. The van der Waals surface area contributed by atoms with E-state index in [-0.39, 0.29) is 18.2 Å². The van der Waals surface area contributed by atoms with E-state index < -0.39 is 5.60 Å². The molecule has 1 aromatic carbocycles. The van der Waals surface area contributed by atoms with Gasteiger partial charge in [-0.3, -0.25) is 0 Å². The maximum atomic E-state index is 12.3. The fourth-order valence-corrected chi connectivity index (χ4v) is 4.16. The molecule has 2 aromatic rings. The first kappa shape index (κ1) is 16.6. The zero-order valence-electron chi connectivity index (χ0n) is 14.3. The first-order chi connectivity index (χ1) is 12.0. The standard InChI is InChI=1S/C18H23N3O3S/c1-18(23)7-5-12(6-8-18)20-17(22)21-9-13(10-21)24-14-3-2-4-15-16(14)19-11-25-15/h2-4,11-13,23H,5-10H2,1H3,(H,20,22). The molecule has 2 fully saturated rings. The van der Waals surface area contributed by atoms with Crippen LogP contribution in [0.3, 0.4) is 0 Å². The molecule has 2 aliphatic rings. The van der Waals surface area contributed by atoms with Gasteiger partial charge in [0.1, 0.15) is 17.4 Å². The highest BCUT2D eigenvalue weighted by atomic mass is 32.1. The summed E-state index contributed by atoms with van der Waals surface area (Å²) in [6.45, 7) is 3.05. The largest absolute Gasteiger partial charge is 0.484 e. The van der Waals surface area contributed by atoms with E-state index >= 15 is 0 Å². The number of nitrogens with one attached hydrogen (secondary N) is 1. The molecule has 7 heteroatoms. The zero-order valence-corrected chi connectivity index (χ0v) is 15.1. The highest BCUT2D eigenvalue weighted by Gasteiger charge is 2.35. The summed E-state index contributed by atoms with van der Waals surface area (Å²) in [6.07, 6.45) is 3.16. The lowest BCUT2D eigenvalue weighted by Gasteiger charge is -2.40. The summed E-state index contributed by atoms with van der Waals surface area (Å²) in [6, 6.07) is 6.06. The van der Waals surface area contributed by atoms with Crippen molar-refractivity contribution < 1.29 is 14.6 Å². The number of carbonyl (C=O) groups is 1. The molecule has 1 aliphatic heterocycles. The number of carbonyl (C=O) groups excluding carboxylic acids is 1. The van der Waals surface area contributed by atoms with E-state index in [2.05, 4.69) is 10.3 Å². The minimum Gasteiger partial charge on any atom is -0.484 e. The Labute approximate surface area is 150 Å². The van der Waals surface area contributed by atoms with Crippen LogP contribution in [0.1, 0.15) is 32.6 Å². The molecule has 0 unspecified atom stereocenters. The lowest BCUT2D eigenvalue weighted by Crippen LogP contribution is -2.60. The average Bonchev–Trinajstić information content (AvgIpc) is 3.01. The van der Waals surface area contributed by atoms with Gasteiger partial charge >= 0.3 is 6.03 Å². The van der Waals surface area contributed by atoms with Crippen molar-refractivity contribution in [2.24, 2.45) is 0 Å². The quantitative estimate of drug-likeness (QED) is 0.881. The van der Waals surface area contributed by atoms with E-state index in [1.807, 2.05) is 30.6 Å². The minimum absolute atomic E-state index is 0.0186. The van der Waals surface area contributed by atoms with Gasteiger partial charge in [-0.15, -0.1) is 11.3 Å². The molecular weight excluding hydrogens is 338 g/mol. The number of hydrogen-bond acceptors (Lipinski definition) is 5. The number of ether oxygens (including phenoxy) is 1. The third kappa shape index (κ3) is 3.57. The van der Waals surface area contributed by atoms with E-state index in [9.17, 15) is 9.90 Å². The molecular formula is C18H23N3O3S. The summed E-state index contributed by atoms with van der Waals surface area (Å²) >= 11 is 1.60. The Morgan fingerprint density at radius 1 is 1.40 bits per heavy atom. The lowest BCUT2D eigenvalue weighted by molar-refractivity contribution is 0.0119. The maximum absolute atomic E-state index is 12.3. The second-order valence-electron chi connectivity index (χ2n) is 7.32. The van der Waals surface area contributed by atoms with Gasteiger partial charge in [0.2, 0.25) is 0 Å². The molecule has 0 radical (unpaired) electrons. The molecule has 0 spiro atoms. The van der Waals surface area contributed by atoms with Crippen LogP contribution in [-0.4, -0.2) is 51.9 Å². The highest BCUT2D eigenvalue weighted by molar-refractivity contribution is 7.16. The van der Waals surface area contributed by atoms with Crippen LogP contribution in [0.2, 0.25) is 0 Å². The molecule has 1 aliphatic carbocycles. The van der Waals surface area contributed by atoms with Gasteiger partial charge in [-0.05, 0) is 44.7 Å². The molecule has 0 atom stereocenters. The monoisotopic (exact) mass is 361 g/mol. The molecule has 1 saturated heterocycles. The minimum atomic E-state index is -0.576. The molecule has 0 bridgehead atoms. The highest BCUT2D eigenvalue weighted by Crippen LogP contribution is 2.30. The smallest absolute Gasteiger partial charge is 0.317 e. The number of aromatic nitrogens is 1. The third-order valence-corrected chi connectivity index (χ3v) is 5.94. The van der Waals surface area contributed by atoms with Crippen LogP contribution in [0.15, 0.2) is 23.7 Å². The lowest BCUT2D eigenvalue weighted by atomic mass is 9.84. The Morgan fingerprint density at radius 3 is 2.92 bits per heavy atom. The van der Waals surface area contributed by atoms with Crippen molar-refractivity contribution in [1.82, 2.24) is 15.2 Å². The van der Waals surface area contributed by atoms with Gasteiger partial charge < -0.3 is 20.1 Å². The molecule has 2 amide bonds. The van der Waals surface area contributed by atoms with E-state index in [4.69, 9.17) is 4.74 Å². The number of amides is 2. The van der Waals surface area contributed by atoms with E-state index in [1.165, 1.54) is 0 Å². The van der Waals surface area contributed by atoms with Crippen LogP contribution in [0.5, 0.6) is 5.75 Å². The van der Waals surface area contributed by atoms with Gasteiger partial charge in [-0.2, -0.15) is 0 Å². The zero-order chi connectivity index (χ0) is 17.4. The Balaban J connectivity index is 1.26. The normalized spacial score (nSPS) is 27.1. The average molecular weight is 361 g/mol. The molecule has 1 aromatic heterocycles. The van der Waals surface area contributed by atoms with E-state index in [1.54, 1.807) is 16.2 Å².